The Kier molecular flexibility index (Phi) is 6.67. The van der Waals surface area contributed by atoms with E-state index in [4.69, 9.17) is 28.9 Å². The molecule has 25 heavy (non-hydrogen) atoms. The number of halogens is 1. The van der Waals surface area contributed by atoms with Gasteiger partial charge < -0.3 is 9.47 Å². The smallest absolute Gasteiger partial charge is 0.289 e. The molecule has 132 valence electrons. The Balaban J connectivity index is 2.02. The van der Waals surface area contributed by atoms with Gasteiger partial charge in [-0.15, -0.1) is 0 Å². The van der Waals surface area contributed by atoms with Crippen molar-refractivity contribution >= 4 is 19.4 Å². The fourth-order valence-corrected chi connectivity index (χ4v) is 2.35. The molecule has 0 spiro atoms. The summed E-state index contributed by atoms with van der Waals surface area (Å²) in [6.45, 7) is 7.02. The molecule has 0 amide bonds. The molecular formula is C18H22BClN2O3. The van der Waals surface area contributed by atoms with Gasteiger partial charge in [0.15, 0.2) is 10.8 Å². The van der Waals surface area contributed by atoms with Crippen LogP contribution in [0.25, 0.3) is 0 Å². The van der Waals surface area contributed by atoms with Gasteiger partial charge >= 0.3 is 0 Å². The largest absolute Gasteiger partial charge is 0.485 e. The van der Waals surface area contributed by atoms with E-state index in [1.165, 1.54) is 10.9 Å². The predicted octanol–water partition coefficient (Wildman–Crippen LogP) is 3.33. The SMILES string of the molecule is [B]CCOCc1ccc(COc2cnn(C(C)(C)C)c(=O)c2Cl)cc1. The molecule has 1 aromatic carbocycles. The van der Waals surface area contributed by atoms with Crippen molar-refractivity contribution < 1.29 is 9.47 Å². The van der Waals surface area contributed by atoms with Crippen molar-refractivity contribution in [3.05, 3.63) is 57.0 Å². The first-order valence-corrected chi connectivity index (χ1v) is 8.47. The van der Waals surface area contributed by atoms with Crippen LogP contribution < -0.4 is 10.3 Å². The highest BCUT2D eigenvalue weighted by molar-refractivity contribution is 6.31. The molecule has 0 fully saturated rings. The van der Waals surface area contributed by atoms with Crippen molar-refractivity contribution in [3.8, 4) is 5.75 Å². The lowest BCUT2D eigenvalue weighted by molar-refractivity contribution is 0.134. The summed E-state index contributed by atoms with van der Waals surface area (Å²) in [5, 5.41) is 4.19. The van der Waals surface area contributed by atoms with E-state index < -0.39 is 5.54 Å². The van der Waals surface area contributed by atoms with Gasteiger partial charge in [-0.2, -0.15) is 5.10 Å². The van der Waals surface area contributed by atoms with Gasteiger partial charge in [0.25, 0.3) is 5.56 Å². The summed E-state index contributed by atoms with van der Waals surface area (Å²) in [7, 11) is 5.39. The van der Waals surface area contributed by atoms with Crippen LogP contribution in [0.2, 0.25) is 11.3 Å². The molecule has 0 unspecified atom stereocenters. The average molecular weight is 361 g/mol. The van der Waals surface area contributed by atoms with Crippen LogP contribution in [0, 0.1) is 0 Å². The molecule has 7 heteroatoms. The zero-order chi connectivity index (χ0) is 18.4. The minimum atomic E-state index is -0.443. The molecule has 0 bridgehead atoms. The van der Waals surface area contributed by atoms with E-state index in [9.17, 15) is 4.79 Å². The van der Waals surface area contributed by atoms with Crippen molar-refractivity contribution in [2.45, 2.75) is 45.8 Å². The zero-order valence-corrected chi connectivity index (χ0v) is 15.5. The Morgan fingerprint density at radius 2 is 1.76 bits per heavy atom. The third-order valence-electron chi connectivity index (χ3n) is 3.47. The number of ether oxygens (including phenoxy) is 2. The van der Waals surface area contributed by atoms with Gasteiger partial charge in [-0.1, -0.05) is 42.2 Å². The normalized spacial score (nSPS) is 11.5. The first-order valence-electron chi connectivity index (χ1n) is 8.09. The maximum absolute atomic E-state index is 12.3. The number of benzene rings is 1. The van der Waals surface area contributed by atoms with Gasteiger partial charge in [0.05, 0.1) is 26.2 Å². The van der Waals surface area contributed by atoms with Crippen molar-refractivity contribution in [2.24, 2.45) is 0 Å². The van der Waals surface area contributed by atoms with E-state index in [-0.39, 0.29) is 16.3 Å². The van der Waals surface area contributed by atoms with Crippen LogP contribution in [0.1, 0.15) is 31.9 Å². The topological polar surface area (TPSA) is 53.4 Å². The number of nitrogens with zero attached hydrogens (tertiary/aromatic N) is 2. The van der Waals surface area contributed by atoms with Crippen molar-refractivity contribution in [1.82, 2.24) is 9.78 Å². The van der Waals surface area contributed by atoms with E-state index in [1.54, 1.807) is 0 Å². The maximum Gasteiger partial charge on any atom is 0.289 e. The van der Waals surface area contributed by atoms with Crippen LogP contribution in [-0.2, 0) is 23.5 Å². The van der Waals surface area contributed by atoms with Gasteiger partial charge in [0.2, 0.25) is 0 Å². The first-order chi connectivity index (χ1) is 11.8. The summed E-state index contributed by atoms with van der Waals surface area (Å²) in [5.74, 6) is 0.280. The maximum atomic E-state index is 12.3. The molecule has 0 N–H and O–H groups in total. The van der Waals surface area contributed by atoms with Crippen LogP contribution in [0.15, 0.2) is 35.3 Å². The lowest BCUT2D eigenvalue weighted by atomic mass is 10.1. The minimum absolute atomic E-state index is 0.0386. The van der Waals surface area contributed by atoms with Crippen molar-refractivity contribution in [2.75, 3.05) is 6.61 Å². The average Bonchev–Trinajstić information content (AvgIpc) is 2.56. The highest BCUT2D eigenvalue weighted by Crippen LogP contribution is 2.21. The Morgan fingerprint density at radius 1 is 1.16 bits per heavy atom. The zero-order valence-electron chi connectivity index (χ0n) is 14.8. The van der Waals surface area contributed by atoms with Gasteiger partial charge in [-0.3, -0.25) is 4.79 Å². The molecule has 1 aromatic heterocycles. The Morgan fingerprint density at radius 3 is 2.32 bits per heavy atom. The summed E-state index contributed by atoms with van der Waals surface area (Å²) < 4.78 is 12.4. The number of aromatic nitrogens is 2. The Hall–Kier alpha value is -1.79. The highest BCUT2D eigenvalue weighted by atomic mass is 35.5. The van der Waals surface area contributed by atoms with Gasteiger partial charge in [0, 0.05) is 6.61 Å². The molecular weight excluding hydrogens is 338 g/mol. The second kappa shape index (κ2) is 8.54. The second-order valence-corrected chi connectivity index (χ2v) is 7.03. The molecule has 2 aromatic rings. The molecule has 0 atom stereocenters. The third kappa shape index (κ3) is 5.34. The van der Waals surface area contributed by atoms with Crippen LogP contribution in [-0.4, -0.2) is 24.2 Å². The van der Waals surface area contributed by atoms with Crippen LogP contribution in [0.4, 0.5) is 0 Å². The first kappa shape index (κ1) is 19.5. The summed E-state index contributed by atoms with van der Waals surface area (Å²) in [6.07, 6.45) is 1.98. The lowest BCUT2D eigenvalue weighted by Gasteiger charge is -2.21. The molecule has 0 aliphatic rings. The number of rotatable bonds is 7. The van der Waals surface area contributed by atoms with Crippen LogP contribution in [0.5, 0.6) is 5.75 Å². The molecule has 0 aliphatic carbocycles. The standard InChI is InChI=1S/C18H22BClN2O3/c1-18(2,3)22-17(23)16(20)15(10-21-22)25-12-14-6-4-13(5-7-14)11-24-9-8-19/h4-7,10H,8-9,11-12H2,1-3H3. The van der Waals surface area contributed by atoms with Gasteiger partial charge in [-0.25, -0.2) is 4.68 Å². The molecule has 2 radical (unpaired) electrons. The van der Waals surface area contributed by atoms with Crippen molar-refractivity contribution in [3.63, 3.8) is 0 Å². The van der Waals surface area contributed by atoms with Crippen LogP contribution >= 0.6 is 11.6 Å². The fourth-order valence-electron chi connectivity index (χ4n) is 2.16. The lowest BCUT2D eigenvalue weighted by Crippen LogP contribution is -2.36. The van der Waals surface area contributed by atoms with E-state index in [0.717, 1.165) is 11.1 Å². The summed E-state index contributed by atoms with van der Waals surface area (Å²) in [4.78, 5) is 12.3. The molecule has 0 saturated heterocycles. The highest BCUT2D eigenvalue weighted by Gasteiger charge is 2.19. The van der Waals surface area contributed by atoms with E-state index in [0.29, 0.717) is 26.1 Å². The number of hydrogen-bond acceptors (Lipinski definition) is 4. The minimum Gasteiger partial charge on any atom is -0.485 e. The Bertz CT molecular complexity index is 754. The second-order valence-electron chi connectivity index (χ2n) is 6.66. The predicted molar refractivity (Wildman–Crippen MR) is 99.5 cm³/mol. The molecule has 0 saturated carbocycles. The molecule has 5 nitrogen and oxygen atoms in total. The van der Waals surface area contributed by atoms with Gasteiger partial charge in [0.1, 0.15) is 6.61 Å². The third-order valence-corrected chi connectivity index (χ3v) is 3.82. The summed E-state index contributed by atoms with van der Waals surface area (Å²) in [5.41, 5.74) is 1.21. The number of hydrogen-bond donors (Lipinski definition) is 0. The van der Waals surface area contributed by atoms with E-state index >= 15 is 0 Å². The van der Waals surface area contributed by atoms with Crippen molar-refractivity contribution in [1.29, 1.82) is 0 Å². The molecule has 0 aliphatic heterocycles. The molecule has 2 rings (SSSR count). The Labute approximate surface area is 154 Å². The summed E-state index contributed by atoms with van der Waals surface area (Å²) in [6, 6.07) is 7.82. The van der Waals surface area contributed by atoms with Crippen LogP contribution in [0.3, 0.4) is 0 Å². The molecule has 1 heterocycles. The quantitative estimate of drug-likeness (QED) is 0.561. The van der Waals surface area contributed by atoms with Gasteiger partial charge in [-0.05, 0) is 31.9 Å². The fraction of sp³-hybridized carbons (Fsp3) is 0.444. The van der Waals surface area contributed by atoms with E-state index in [1.807, 2.05) is 45.0 Å². The monoisotopic (exact) mass is 360 g/mol. The van der Waals surface area contributed by atoms with E-state index in [2.05, 4.69) is 5.10 Å². The summed E-state index contributed by atoms with van der Waals surface area (Å²) >= 11 is 6.14.